The van der Waals surface area contributed by atoms with Crippen molar-refractivity contribution in [2.45, 2.75) is 200 Å². The zero-order valence-corrected chi connectivity index (χ0v) is 35.2. The molecular weight excluding hydrogens is 699 g/mol. The number of phosphoric ester groups is 1. The first-order chi connectivity index (χ1) is 26.3. The summed E-state index contributed by atoms with van der Waals surface area (Å²) in [5.41, 5.74) is 0. The molecule has 0 heterocycles. The number of rotatable bonds is 39. The molecule has 0 aliphatic rings. The Morgan fingerprint density at radius 1 is 0.481 bits per heavy atom. The van der Waals surface area contributed by atoms with Crippen molar-refractivity contribution in [3.8, 4) is 0 Å². The van der Waals surface area contributed by atoms with Crippen LogP contribution in [0.25, 0.3) is 0 Å². The number of carbonyl (C=O) groups excluding carboxylic acids is 2. The van der Waals surface area contributed by atoms with E-state index in [1.807, 2.05) is 12.2 Å². The van der Waals surface area contributed by atoms with Crippen LogP contribution in [0.3, 0.4) is 0 Å². The second-order valence-corrected chi connectivity index (χ2v) is 15.6. The Kier molecular flexibility index (Phi) is 38.7. The van der Waals surface area contributed by atoms with Crippen molar-refractivity contribution in [1.82, 2.24) is 0 Å². The van der Waals surface area contributed by atoms with Crippen LogP contribution in [0.2, 0.25) is 0 Å². The molecule has 312 valence electrons. The van der Waals surface area contributed by atoms with Gasteiger partial charge in [-0.2, -0.15) is 0 Å². The molecule has 0 spiro atoms. The van der Waals surface area contributed by atoms with E-state index < -0.39 is 32.5 Å². The third kappa shape index (κ3) is 42.5. The lowest BCUT2D eigenvalue weighted by atomic mass is 10.0. The molecule has 0 amide bonds. The van der Waals surface area contributed by atoms with Gasteiger partial charge in [0.1, 0.15) is 6.61 Å². The second-order valence-electron chi connectivity index (χ2n) is 14.3. The van der Waals surface area contributed by atoms with Crippen LogP contribution < -0.4 is 0 Å². The molecule has 0 aliphatic heterocycles. The van der Waals surface area contributed by atoms with E-state index in [2.05, 4.69) is 67.0 Å². The molecule has 0 saturated carbocycles. The minimum atomic E-state index is -4.78. The van der Waals surface area contributed by atoms with Gasteiger partial charge in [-0.3, -0.25) is 14.1 Å². The standard InChI is InChI=1S/C45H79O8P/c1-3-5-7-9-11-13-15-17-19-21-22-24-26-28-30-32-34-36-38-40-45(47)53-43(42-52-54(48,49)50)41-51-44(46)39-37-35-33-31-29-27-25-23-20-18-16-14-12-10-8-6-4-2/h11,13,17,19,22,24,28,30,34,36,43H,3-10,12,14-16,18,20-21,23,25-27,29,31-33,35,37-42H2,1-2H3,(H2,48,49,50)/b13-11-,19-17-,24-22-,30-28-,36-34-/t43-/m1/s1. The van der Waals surface area contributed by atoms with Gasteiger partial charge in [-0.15, -0.1) is 0 Å². The second kappa shape index (κ2) is 40.4. The summed E-state index contributed by atoms with van der Waals surface area (Å²) in [5, 5.41) is 0. The Morgan fingerprint density at radius 3 is 1.31 bits per heavy atom. The van der Waals surface area contributed by atoms with E-state index in [0.29, 0.717) is 12.8 Å². The predicted molar refractivity (Wildman–Crippen MR) is 225 cm³/mol. The Labute approximate surface area is 330 Å². The highest BCUT2D eigenvalue weighted by Crippen LogP contribution is 2.36. The van der Waals surface area contributed by atoms with Gasteiger partial charge in [0.05, 0.1) is 6.61 Å². The van der Waals surface area contributed by atoms with Gasteiger partial charge < -0.3 is 19.3 Å². The lowest BCUT2D eigenvalue weighted by Gasteiger charge is -2.18. The first kappa shape index (κ1) is 51.8. The Hall–Kier alpha value is -2.25. The maximum absolute atomic E-state index is 12.4. The van der Waals surface area contributed by atoms with Crippen LogP contribution in [0.15, 0.2) is 60.8 Å². The Bertz CT molecular complexity index is 1060. The molecular formula is C45H79O8P. The fraction of sp³-hybridized carbons (Fsp3) is 0.733. The summed E-state index contributed by atoms with van der Waals surface area (Å²) in [6.45, 7) is 3.61. The number of phosphoric acid groups is 1. The Morgan fingerprint density at radius 2 is 0.870 bits per heavy atom. The summed E-state index contributed by atoms with van der Waals surface area (Å²) in [5.74, 6) is -0.978. The maximum atomic E-state index is 12.4. The number of carbonyl (C=O) groups is 2. The molecule has 8 nitrogen and oxygen atoms in total. The predicted octanol–water partition coefficient (Wildman–Crippen LogP) is 13.3. The largest absolute Gasteiger partial charge is 0.469 e. The van der Waals surface area contributed by atoms with Gasteiger partial charge in [0.15, 0.2) is 6.10 Å². The molecule has 0 radical (unpaired) electrons. The van der Waals surface area contributed by atoms with Crippen molar-refractivity contribution in [2.75, 3.05) is 13.2 Å². The van der Waals surface area contributed by atoms with E-state index in [4.69, 9.17) is 19.3 Å². The summed E-state index contributed by atoms with van der Waals surface area (Å²) in [6.07, 6.45) is 51.0. The zero-order valence-electron chi connectivity index (χ0n) is 34.4. The molecule has 0 fully saturated rings. The smallest absolute Gasteiger partial charge is 0.462 e. The summed E-state index contributed by atoms with van der Waals surface area (Å²) in [6, 6.07) is 0. The van der Waals surface area contributed by atoms with Crippen LogP contribution >= 0.6 is 7.82 Å². The number of hydrogen-bond donors (Lipinski definition) is 2. The fourth-order valence-electron chi connectivity index (χ4n) is 5.83. The molecule has 0 aromatic carbocycles. The SMILES string of the molecule is CCCCC/C=C\C/C=C\C/C=C\C/C=C\C/C=C\CCC(=O)O[C@H](COC(=O)CCCCCCCCCCCCCCCCCCC)COP(=O)(O)O. The molecule has 0 aliphatic carbocycles. The van der Waals surface area contributed by atoms with Crippen molar-refractivity contribution in [3.63, 3.8) is 0 Å². The van der Waals surface area contributed by atoms with Gasteiger partial charge in [0.2, 0.25) is 0 Å². The average molecular weight is 779 g/mol. The van der Waals surface area contributed by atoms with Crippen molar-refractivity contribution in [1.29, 1.82) is 0 Å². The lowest BCUT2D eigenvalue weighted by Crippen LogP contribution is -2.29. The van der Waals surface area contributed by atoms with Gasteiger partial charge >= 0.3 is 19.8 Å². The van der Waals surface area contributed by atoms with Crippen LogP contribution in [0.5, 0.6) is 0 Å². The quantitative estimate of drug-likeness (QED) is 0.0274. The highest BCUT2D eigenvalue weighted by atomic mass is 31.2. The highest BCUT2D eigenvalue weighted by Gasteiger charge is 2.22. The molecule has 9 heteroatoms. The number of allylic oxidation sites excluding steroid dienone is 10. The summed E-state index contributed by atoms with van der Waals surface area (Å²) in [7, 11) is -4.78. The zero-order chi connectivity index (χ0) is 39.6. The molecule has 0 aromatic heterocycles. The summed E-state index contributed by atoms with van der Waals surface area (Å²) in [4.78, 5) is 42.8. The van der Waals surface area contributed by atoms with E-state index in [9.17, 15) is 14.2 Å². The maximum Gasteiger partial charge on any atom is 0.469 e. The molecule has 0 unspecified atom stereocenters. The van der Waals surface area contributed by atoms with Crippen molar-refractivity contribution < 1.29 is 37.9 Å². The normalized spacial score (nSPS) is 13.0. The average Bonchev–Trinajstić information content (AvgIpc) is 3.14. The van der Waals surface area contributed by atoms with Crippen LogP contribution in [-0.4, -0.2) is 41.0 Å². The van der Waals surface area contributed by atoms with Gasteiger partial charge in [-0.25, -0.2) is 4.57 Å². The van der Waals surface area contributed by atoms with Crippen molar-refractivity contribution in [3.05, 3.63) is 60.8 Å². The molecule has 2 N–H and O–H groups in total. The highest BCUT2D eigenvalue weighted by molar-refractivity contribution is 7.46. The monoisotopic (exact) mass is 779 g/mol. The van der Waals surface area contributed by atoms with E-state index in [1.165, 1.54) is 116 Å². The van der Waals surface area contributed by atoms with Crippen molar-refractivity contribution in [2.24, 2.45) is 0 Å². The number of unbranched alkanes of at least 4 members (excludes halogenated alkanes) is 19. The van der Waals surface area contributed by atoms with Crippen LogP contribution in [-0.2, 0) is 28.2 Å². The Balaban J connectivity index is 4.03. The molecule has 0 aromatic rings. The van der Waals surface area contributed by atoms with Gasteiger partial charge in [0.25, 0.3) is 0 Å². The van der Waals surface area contributed by atoms with Gasteiger partial charge in [-0.05, 0) is 51.4 Å². The number of hydrogen-bond acceptors (Lipinski definition) is 6. The summed E-state index contributed by atoms with van der Waals surface area (Å²) < 4.78 is 26.3. The summed E-state index contributed by atoms with van der Waals surface area (Å²) >= 11 is 0. The van der Waals surface area contributed by atoms with Gasteiger partial charge in [0, 0.05) is 12.8 Å². The van der Waals surface area contributed by atoms with Crippen LogP contribution in [0.1, 0.15) is 194 Å². The molecule has 0 saturated heterocycles. The minimum absolute atomic E-state index is 0.0880. The molecule has 1 atom stereocenters. The third-order valence-corrected chi connectivity index (χ3v) is 9.54. The third-order valence-electron chi connectivity index (χ3n) is 9.05. The first-order valence-electron chi connectivity index (χ1n) is 21.6. The number of esters is 2. The molecule has 0 rings (SSSR count). The lowest BCUT2D eigenvalue weighted by molar-refractivity contribution is -0.161. The van der Waals surface area contributed by atoms with Crippen LogP contribution in [0.4, 0.5) is 0 Å². The van der Waals surface area contributed by atoms with Gasteiger partial charge in [-0.1, -0.05) is 190 Å². The van der Waals surface area contributed by atoms with E-state index in [1.54, 1.807) is 0 Å². The topological polar surface area (TPSA) is 119 Å². The fourth-order valence-corrected chi connectivity index (χ4v) is 6.19. The van der Waals surface area contributed by atoms with Crippen LogP contribution in [0, 0.1) is 0 Å². The van der Waals surface area contributed by atoms with E-state index in [0.717, 1.165) is 38.5 Å². The van der Waals surface area contributed by atoms with Crippen molar-refractivity contribution >= 4 is 19.8 Å². The first-order valence-corrected chi connectivity index (χ1v) is 23.1. The minimum Gasteiger partial charge on any atom is -0.462 e. The van der Waals surface area contributed by atoms with E-state index in [-0.39, 0.29) is 19.4 Å². The van der Waals surface area contributed by atoms with E-state index >= 15 is 0 Å². The number of ether oxygens (including phenoxy) is 2. The molecule has 54 heavy (non-hydrogen) atoms. The molecule has 0 bridgehead atoms.